The molecule has 0 aliphatic heterocycles. The van der Waals surface area contributed by atoms with Crippen LogP contribution in [0.5, 0.6) is 0 Å². The molecule has 0 saturated carbocycles. The SMILES string of the molecule is CC(=O)CC(=O)CC(=O)[O-].CC(=O)CC(=O)CC(=O)[O-].CC(=O)CC(=O)CC(=O)[O-].[Al+3]. The van der Waals surface area contributed by atoms with Crippen LogP contribution < -0.4 is 15.3 Å². The van der Waals surface area contributed by atoms with Crippen molar-refractivity contribution in [2.24, 2.45) is 0 Å². The molecule has 0 aliphatic carbocycles. The van der Waals surface area contributed by atoms with Crippen molar-refractivity contribution in [3.8, 4) is 0 Å². The molecule has 31 heavy (non-hydrogen) atoms. The van der Waals surface area contributed by atoms with Crippen LogP contribution in [0.2, 0.25) is 0 Å². The Balaban J connectivity index is -0.000000174. The summed E-state index contributed by atoms with van der Waals surface area (Å²) in [6.45, 7) is 3.69. The van der Waals surface area contributed by atoms with Crippen molar-refractivity contribution in [1.82, 2.24) is 0 Å². The number of carbonyl (C=O) groups excluding carboxylic acids is 9. The van der Waals surface area contributed by atoms with Crippen LogP contribution in [0, 0.1) is 0 Å². The van der Waals surface area contributed by atoms with Crippen molar-refractivity contribution < 1.29 is 58.5 Å². The van der Waals surface area contributed by atoms with Crippen LogP contribution in [-0.2, 0) is 43.2 Å². The van der Waals surface area contributed by atoms with Gasteiger partial charge in [-0.25, -0.2) is 0 Å². The first-order chi connectivity index (χ1) is 13.6. The summed E-state index contributed by atoms with van der Waals surface area (Å²) >= 11 is 0. The summed E-state index contributed by atoms with van der Waals surface area (Å²) < 4.78 is 0. The number of aliphatic carboxylic acids is 3. The van der Waals surface area contributed by atoms with E-state index in [4.69, 9.17) is 0 Å². The summed E-state index contributed by atoms with van der Waals surface area (Å²) in [5, 5.41) is 29.2. The average molecular weight is 456 g/mol. The van der Waals surface area contributed by atoms with Crippen molar-refractivity contribution in [3.05, 3.63) is 0 Å². The maximum absolute atomic E-state index is 10.4. The second-order valence-electron chi connectivity index (χ2n) is 5.90. The second kappa shape index (κ2) is 20.2. The standard InChI is InChI=1S/3C6H8O4.Al/c3*1-4(7)2-5(8)3-6(9)10;/h3*2-3H2,1H3,(H,9,10);/q;;;+3/p-3. The van der Waals surface area contributed by atoms with E-state index in [1.807, 2.05) is 0 Å². The van der Waals surface area contributed by atoms with E-state index in [2.05, 4.69) is 0 Å². The van der Waals surface area contributed by atoms with E-state index >= 15 is 0 Å². The number of rotatable bonds is 12. The Bertz CT molecular complexity index is 559. The van der Waals surface area contributed by atoms with E-state index in [1.54, 1.807) is 0 Å². The Hall–Kier alpha value is -3.04. The Morgan fingerprint density at radius 2 is 0.581 bits per heavy atom. The van der Waals surface area contributed by atoms with Gasteiger partial charge in [-0.2, -0.15) is 0 Å². The topological polar surface area (TPSA) is 223 Å². The van der Waals surface area contributed by atoms with E-state index in [1.165, 1.54) is 20.8 Å². The predicted molar refractivity (Wildman–Crippen MR) is 95.5 cm³/mol. The fraction of sp³-hybridized carbons (Fsp3) is 0.500. The molecule has 0 saturated heterocycles. The first-order valence-electron chi connectivity index (χ1n) is 8.19. The smallest absolute Gasteiger partial charge is 0.550 e. The van der Waals surface area contributed by atoms with Gasteiger partial charge >= 0.3 is 17.4 Å². The van der Waals surface area contributed by atoms with Crippen molar-refractivity contribution in [1.29, 1.82) is 0 Å². The zero-order chi connectivity index (χ0) is 24.4. The molecule has 0 N–H and O–H groups in total. The molecular formula is C18H21AlO12. The number of carboxylic acid groups (broad SMARTS) is 3. The Morgan fingerprint density at radius 3 is 0.677 bits per heavy atom. The van der Waals surface area contributed by atoms with E-state index in [0.29, 0.717) is 0 Å². The van der Waals surface area contributed by atoms with Crippen LogP contribution >= 0.6 is 0 Å². The molecule has 0 fully saturated rings. The van der Waals surface area contributed by atoms with Crippen LogP contribution in [0.3, 0.4) is 0 Å². The van der Waals surface area contributed by atoms with Gasteiger partial charge in [-0.3, -0.25) is 28.8 Å². The number of ketones is 6. The van der Waals surface area contributed by atoms with E-state index in [0.717, 1.165) is 0 Å². The van der Waals surface area contributed by atoms with Crippen LogP contribution in [0.1, 0.15) is 59.3 Å². The minimum Gasteiger partial charge on any atom is -0.550 e. The zero-order valence-electron chi connectivity index (χ0n) is 17.2. The molecule has 168 valence electrons. The zero-order valence-corrected chi connectivity index (χ0v) is 18.4. The van der Waals surface area contributed by atoms with Crippen molar-refractivity contribution in [2.75, 3.05) is 0 Å². The number of carbonyl (C=O) groups is 9. The molecule has 0 aromatic heterocycles. The number of hydrogen-bond donors (Lipinski definition) is 0. The molecule has 0 radical (unpaired) electrons. The third-order valence-electron chi connectivity index (χ3n) is 2.36. The Kier molecular flexibility index (Phi) is 23.1. The average Bonchev–Trinajstić information content (AvgIpc) is 2.42. The molecule has 0 spiro atoms. The molecule has 0 rings (SSSR count). The molecule has 0 atom stereocenters. The van der Waals surface area contributed by atoms with Crippen molar-refractivity contribution in [2.45, 2.75) is 59.3 Å². The first kappa shape index (κ1) is 35.4. The van der Waals surface area contributed by atoms with Gasteiger partial charge in [-0.05, 0) is 20.8 Å². The maximum Gasteiger partial charge on any atom is 3.00 e. The predicted octanol–water partition coefficient (Wildman–Crippen LogP) is -4.36. The molecule has 13 heteroatoms. The van der Waals surface area contributed by atoms with Gasteiger partial charge in [-0.15, -0.1) is 0 Å². The van der Waals surface area contributed by atoms with Gasteiger partial charge in [0.05, 0.1) is 19.3 Å². The van der Waals surface area contributed by atoms with Gasteiger partial charge in [0.1, 0.15) is 34.7 Å². The normalized spacial score (nSPS) is 8.61. The molecule has 0 heterocycles. The summed E-state index contributed by atoms with van der Waals surface area (Å²) in [7, 11) is 0. The summed E-state index contributed by atoms with van der Waals surface area (Å²) in [6, 6.07) is 0. The minimum absolute atomic E-state index is 0. The van der Waals surface area contributed by atoms with E-state index < -0.39 is 54.5 Å². The quantitative estimate of drug-likeness (QED) is 0.201. The molecule has 0 amide bonds. The van der Waals surface area contributed by atoms with Crippen LogP contribution in [-0.4, -0.2) is 70.0 Å². The summed E-state index contributed by atoms with van der Waals surface area (Å²) in [6.07, 6.45) is -2.94. The minimum atomic E-state index is -1.44. The Morgan fingerprint density at radius 1 is 0.419 bits per heavy atom. The first-order valence-corrected chi connectivity index (χ1v) is 8.19. The fourth-order valence-electron chi connectivity index (χ4n) is 1.50. The van der Waals surface area contributed by atoms with Crippen LogP contribution in [0.15, 0.2) is 0 Å². The second-order valence-corrected chi connectivity index (χ2v) is 5.90. The van der Waals surface area contributed by atoms with Gasteiger partial charge in [0.2, 0.25) is 0 Å². The van der Waals surface area contributed by atoms with Gasteiger partial charge in [-0.1, -0.05) is 0 Å². The van der Waals surface area contributed by atoms with Gasteiger partial charge in [0, 0.05) is 37.2 Å². The third kappa shape index (κ3) is 38.2. The van der Waals surface area contributed by atoms with Gasteiger partial charge in [0.15, 0.2) is 0 Å². The third-order valence-corrected chi connectivity index (χ3v) is 2.36. The molecule has 0 unspecified atom stereocenters. The number of carboxylic acids is 3. The molecule has 12 nitrogen and oxygen atoms in total. The number of Topliss-reactive ketones (excluding diaryl/α,β-unsaturated/α-hetero) is 6. The largest absolute Gasteiger partial charge is 3.00 e. The van der Waals surface area contributed by atoms with Crippen LogP contribution in [0.25, 0.3) is 0 Å². The molecule has 0 aliphatic rings. The van der Waals surface area contributed by atoms with Gasteiger partial charge < -0.3 is 29.7 Å². The van der Waals surface area contributed by atoms with E-state index in [-0.39, 0.29) is 54.0 Å². The molecule has 0 aromatic rings. The van der Waals surface area contributed by atoms with Crippen molar-refractivity contribution >= 4 is 70.0 Å². The summed E-state index contributed by atoms with van der Waals surface area (Å²) in [5.74, 6) is -7.11. The maximum atomic E-state index is 10.4. The fourth-order valence-corrected chi connectivity index (χ4v) is 1.50. The van der Waals surface area contributed by atoms with Crippen molar-refractivity contribution in [3.63, 3.8) is 0 Å². The molecule has 0 bridgehead atoms. The summed E-state index contributed by atoms with van der Waals surface area (Å²) in [5.41, 5.74) is 0. The number of hydrogen-bond acceptors (Lipinski definition) is 12. The van der Waals surface area contributed by atoms with E-state index in [9.17, 15) is 58.5 Å². The summed E-state index contributed by atoms with van der Waals surface area (Å²) in [4.78, 5) is 91.1. The molecule has 0 aromatic carbocycles. The van der Waals surface area contributed by atoms with Crippen LogP contribution in [0.4, 0.5) is 0 Å². The van der Waals surface area contributed by atoms with Gasteiger partial charge in [0.25, 0.3) is 0 Å². The molecular weight excluding hydrogens is 435 g/mol. The monoisotopic (exact) mass is 456 g/mol. The Labute approximate surface area is 188 Å².